The molecule has 0 aromatic heterocycles. The number of benzene rings is 2. The van der Waals surface area contributed by atoms with Crippen molar-refractivity contribution >= 4 is 20.7 Å². The second kappa shape index (κ2) is 7.65. The summed E-state index contributed by atoms with van der Waals surface area (Å²) in [5.74, 6) is -0.0928. The van der Waals surface area contributed by atoms with Crippen LogP contribution in [0.2, 0.25) is 0 Å². The Balaban J connectivity index is 1.74. The third kappa shape index (κ3) is 5.01. The zero-order chi connectivity index (χ0) is 14.2. The van der Waals surface area contributed by atoms with Gasteiger partial charge in [0.2, 0.25) is 0 Å². The van der Waals surface area contributed by atoms with E-state index in [-0.39, 0.29) is 11.7 Å². The summed E-state index contributed by atoms with van der Waals surface area (Å²) < 4.78 is 5.50. The number of carbonyl (C=O) groups excluding carboxylic acids is 1. The minimum absolute atomic E-state index is 0.0562. The number of aryl methyl sites for hydroxylation is 1. The van der Waals surface area contributed by atoms with Gasteiger partial charge in [0.05, 0.1) is 5.73 Å². The summed E-state index contributed by atoms with van der Waals surface area (Å²) in [6, 6.07) is 20.3. The molecule has 104 valence electrons. The minimum Gasteiger partial charge on any atom is -0.467 e. The van der Waals surface area contributed by atoms with E-state index in [0.29, 0.717) is 6.42 Å². The van der Waals surface area contributed by atoms with E-state index in [1.54, 1.807) is 0 Å². The van der Waals surface area contributed by atoms with E-state index >= 15 is 0 Å². The molecule has 0 amide bonds. The number of hydrogen-bond donors (Lipinski definition) is 0. The molecule has 0 N–H and O–H groups in total. The lowest BCUT2D eigenvalue weighted by Gasteiger charge is -2.13. The summed E-state index contributed by atoms with van der Waals surface area (Å²) in [5, 5.41) is 1.33. The Hall–Kier alpha value is -1.87. The zero-order valence-electron chi connectivity index (χ0n) is 11.8. The standard InChI is InChI=1S/C17H20O2Si/c1-14(20-16-10-6-3-7-11-16)19-17(18)13-12-15-8-4-2-5-9-15/h2-11,14H,12-13,20H2,1H3/t14-/m0/s1. The lowest BCUT2D eigenvalue weighted by Crippen LogP contribution is -2.30. The van der Waals surface area contributed by atoms with Crippen LogP contribution in [0, 0.1) is 0 Å². The van der Waals surface area contributed by atoms with Crippen LogP contribution in [0.4, 0.5) is 0 Å². The Morgan fingerprint density at radius 1 is 1.05 bits per heavy atom. The molecule has 2 aromatic carbocycles. The largest absolute Gasteiger partial charge is 0.467 e. The van der Waals surface area contributed by atoms with Gasteiger partial charge in [-0.05, 0) is 18.9 Å². The molecule has 1 atom stereocenters. The van der Waals surface area contributed by atoms with Crippen molar-refractivity contribution in [1.29, 1.82) is 0 Å². The third-order valence-electron chi connectivity index (χ3n) is 3.16. The molecule has 2 nitrogen and oxygen atoms in total. The molecular formula is C17H20O2Si. The van der Waals surface area contributed by atoms with Gasteiger partial charge in [-0.15, -0.1) is 0 Å². The fraction of sp³-hybridized carbons (Fsp3) is 0.235. The van der Waals surface area contributed by atoms with Crippen LogP contribution in [0.5, 0.6) is 0 Å². The summed E-state index contributed by atoms with van der Waals surface area (Å²) in [5.41, 5.74) is 1.23. The Morgan fingerprint density at radius 2 is 1.65 bits per heavy atom. The number of rotatable bonds is 6. The van der Waals surface area contributed by atoms with Gasteiger partial charge in [0.15, 0.2) is 0 Å². The van der Waals surface area contributed by atoms with Gasteiger partial charge in [-0.2, -0.15) is 0 Å². The lowest BCUT2D eigenvalue weighted by molar-refractivity contribution is -0.144. The maximum Gasteiger partial charge on any atom is 0.306 e. The molecule has 0 heterocycles. The highest BCUT2D eigenvalue weighted by Gasteiger charge is 2.10. The van der Waals surface area contributed by atoms with Crippen molar-refractivity contribution in [2.24, 2.45) is 0 Å². The summed E-state index contributed by atoms with van der Waals surface area (Å²) >= 11 is 0. The van der Waals surface area contributed by atoms with Crippen molar-refractivity contribution < 1.29 is 9.53 Å². The van der Waals surface area contributed by atoms with E-state index in [4.69, 9.17) is 4.74 Å². The molecule has 0 aliphatic rings. The molecule has 20 heavy (non-hydrogen) atoms. The molecule has 2 aromatic rings. The maximum atomic E-state index is 11.8. The van der Waals surface area contributed by atoms with Crippen LogP contribution in [0.3, 0.4) is 0 Å². The average molecular weight is 284 g/mol. The van der Waals surface area contributed by atoms with Crippen LogP contribution in [0.15, 0.2) is 60.7 Å². The molecule has 0 unspecified atom stereocenters. The van der Waals surface area contributed by atoms with Crippen LogP contribution >= 0.6 is 0 Å². The Kier molecular flexibility index (Phi) is 5.56. The predicted molar refractivity (Wildman–Crippen MR) is 84.9 cm³/mol. The number of carbonyl (C=O) groups is 1. The summed E-state index contributed by atoms with van der Waals surface area (Å²) in [6.07, 6.45) is 1.21. The van der Waals surface area contributed by atoms with Crippen LogP contribution in [0.1, 0.15) is 18.9 Å². The van der Waals surface area contributed by atoms with Gasteiger partial charge < -0.3 is 4.74 Å². The fourth-order valence-electron chi connectivity index (χ4n) is 2.16. The fourth-order valence-corrected chi connectivity index (χ4v) is 3.64. The Bertz CT molecular complexity index is 525. The molecule has 0 fully saturated rings. The van der Waals surface area contributed by atoms with Gasteiger partial charge in [-0.1, -0.05) is 65.9 Å². The van der Waals surface area contributed by atoms with Crippen molar-refractivity contribution in [3.63, 3.8) is 0 Å². The van der Waals surface area contributed by atoms with Crippen LogP contribution < -0.4 is 5.19 Å². The van der Waals surface area contributed by atoms with E-state index in [0.717, 1.165) is 6.42 Å². The number of hydrogen-bond acceptors (Lipinski definition) is 2. The molecule has 0 bridgehead atoms. The van der Waals surface area contributed by atoms with E-state index in [1.165, 1.54) is 10.8 Å². The molecule has 0 radical (unpaired) electrons. The molecule has 0 spiro atoms. The van der Waals surface area contributed by atoms with Crippen molar-refractivity contribution in [2.75, 3.05) is 0 Å². The maximum absolute atomic E-state index is 11.8. The first-order chi connectivity index (χ1) is 9.74. The van der Waals surface area contributed by atoms with Crippen LogP contribution in [-0.4, -0.2) is 21.2 Å². The monoisotopic (exact) mass is 284 g/mol. The second-order valence-electron chi connectivity index (χ2n) is 4.98. The summed E-state index contributed by atoms with van der Waals surface area (Å²) in [6.45, 7) is 2.00. The number of ether oxygens (including phenoxy) is 1. The lowest BCUT2D eigenvalue weighted by atomic mass is 10.1. The smallest absolute Gasteiger partial charge is 0.306 e. The summed E-state index contributed by atoms with van der Waals surface area (Å²) in [7, 11) is -0.553. The molecule has 0 saturated heterocycles. The topological polar surface area (TPSA) is 26.3 Å². The molecule has 0 aliphatic heterocycles. The SMILES string of the molecule is C[C@@H](OC(=O)CCc1ccccc1)[SiH2]c1ccccc1. The van der Waals surface area contributed by atoms with E-state index < -0.39 is 9.52 Å². The highest BCUT2D eigenvalue weighted by molar-refractivity contribution is 6.54. The van der Waals surface area contributed by atoms with E-state index in [9.17, 15) is 4.79 Å². The van der Waals surface area contributed by atoms with Crippen LogP contribution in [-0.2, 0) is 16.0 Å². The first kappa shape index (κ1) is 14.5. The van der Waals surface area contributed by atoms with E-state index in [1.807, 2.05) is 55.5 Å². The second-order valence-corrected chi connectivity index (χ2v) is 7.35. The average Bonchev–Trinajstić information content (AvgIpc) is 2.47. The molecular weight excluding hydrogens is 264 g/mol. The van der Waals surface area contributed by atoms with Gasteiger partial charge in [-0.25, -0.2) is 0 Å². The van der Waals surface area contributed by atoms with Crippen molar-refractivity contribution in [3.8, 4) is 0 Å². The van der Waals surface area contributed by atoms with E-state index in [2.05, 4.69) is 12.1 Å². The number of esters is 1. The Morgan fingerprint density at radius 3 is 2.30 bits per heavy atom. The summed E-state index contributed by atoms with van der Waals surface area (Å²) in [4.78, 5) is 11.8. The molecule has 2 rings (SSSR count). The van der Waals surface area contributed by atoms with Gasteiger partial charge >= 0.3 is 5.97 Å². The highest BCUT2D eigenvalue weighted by Crippen LogP contribution is 2.04. The normalized spacial score (nSPS) is 12.4. The highest BCUT2D eigenvalue weighted by atomic mass is 28.2. The van der Waals surface area contributed by atoms with Gasteiger partial charge in [0.1, 0.15) is 9.52 Å². The minimum atomic E-state index is -0.553. The zero-order valence-corrected chi connectivity index (χ0v) is 13.2. The Labute approximate surface area is 122 Å². The predicted octanol–water partition coefficient (Wildman–Crippen LogP) is 2.00. The quantitative estimate of drug-likeness (QED) is 0.599. The third-order valence-corrected chi connectivity index (χ3v) is 4.84. The molecule has 0 aliphatic carbocycles. The van der Waals surface area contributed by atoms with Gasteiger partial charge in [0.25, 0.3) is 0 Å². The van der Waals surface area contributed by atoms with Crippen molar-refractivity contribution in [2.45, 2.75) is 25.5 Å². The molecule has 3 heteroatoms. The first-order valence-electron chi connectivity index (χ1n) is 7.01. The van der Waals surface area contributed by atoms with Crippen molar-refractivity contribution in [1.82, 2.24) is 0 Å². The van der Waals surface area contributed by atoms with Gasteiger partial charge in [-0.3, -0.25) is 4.79 Å². The molecule has 0 saturated carbocycles. The first-order valence-corrected chi connectivity index (χ1v) is 8.54. The van der Waals surface area contributed by atoms with Gasteiger partial charge in [0, 0.05) is 6.42 Å². The van der Waals surface area contributed by atoms with Crippen LogP contribution in [0.25, 0.3) is 0 Å². The van der Waals surface area contributed by atoms with Crippen molar-refractivity contribution in [3.05, 3.63) is 66.2 Å².